The van der Waals surface area contributed by atoms with E-state index in [4.69, 9.17) is 0 Å². The lowest BCUT2D eigenvalue weighted by Gasteiger charge is -2.17. The summed E-state index contributed by atoms with van der Waals surface area (Å²) in [6, 6.07) is 7.77. The molecule has 0 aliphatic heterocycles. The summed E-state index contributed by atoms with van der Waals surface area (Å²) < 4.78 is 22.1. The molecule has 1 aromatic rings. The SMILES string of the molecule is Cc1ccc(N(C)CS(C)(=O)=O)cc1. The van der Waals surface area contributed by atoms with Crippen LogP contribution in [-0.4, -0.2) is 27.6 Å². The van der Waals surface area contributed by atoms with Gasteiger partial charge in [-0.15, -0.1) is 0 Å². The molecule has 0 unspecified atom stereocenters. The summed E-state index contributed by atoms with van der Waals surface area (Å²) in [7, 11) is -1.19. The molecular formula is C10H15NO2S. The van der Waals surface area contributed by atoms with Crippen LogP contribution in [0.15, 0.2) is 24.3 Å². The molecule has 3 nitrogen and oxygen atoms in total. The summed E-state index contributed by atoms with van der Waals surface area (Å²) >= 11 is 0. The lowest BCUT2D eigenvalue weighted by Crippen LogP contribution is -2.24. The highest BCUT2D eigenvalue weighted by Gasteiger charge is 2.07. The molecule has 0 heterocycles. The van der Waals surface area contributed by atoms with Gasteiger partial charge in [-0.1, -0.05) is 17.7 Å². The van der Waals surface area contributed by atoms with Gasteiger partial charge in [-0.05, 0) is 19.1 Å². The van der Waals surface area contributed by atoms with Crippen molar-refractivity contribution in [3.63, 3.8) is 0 Å². The Morgan fingerprint density at radius 3 is 2.14 bits per heavy atom. The van der Waals surface area contributed by atoms with Crippen molar-refractivity contribution in [2.45, 2.75) is 6.92 Å². The summed E-state index contributed by atoms with van der Waals surface area (Å²) in [4.78, 5) is 1.72. The van der Waals surface area contributed by atoms with Gasteiger partial charge in [-0.3, -0.25) is 0 Å². The Morgan fingerprint density at radius 2 is 1.71 bits per heavy atom. The Kier molecular flexibility index (Phi) is 3.16. The molecule has 0 aliphatic rings. The second-order valence-electron chi connectivity index (χ2n) is 3.59. The molecule has 0 spiro atoms. The molecule has 1 rings (SSSR count). The quantitative estimate of drug-likeness (QED) is 0.762. The van der Waals surface area contributed by atoms with Gasteiger partial charge in [0, 0.05) is 19.0 Å². The van der Waals surface area contributed by atoms with Gasteiger partial charge in [-0.25, -0.2) is 8.42 Å². The summed E-state index contributed by atoms with van der Waals surface area (Å²) in [6.07, 6.45) is 1.23. The highest BCUT2D eigenvalue weighted by Crippen LogP contribution is 2.13. The van der Waals surface area contributed by atoms with Crippen molar-refractivity contribution < 1.29 is 8.42 Å². The van der Waals surface area contributed by atoms with E-state index >= 15 is 0 Å². The molecule has 1 aromatic carbocycles. The van der Waals surface area contributed by atoms with Gasteiger partial charge in [0.05, 0.1) is 0 Å². The van der Waals surface area contributed by atoms with Gasteiger partial charge in [0.25, 0.3) is 0 Å². The number of benzene rings is 1. The van der Waals surface area contributed by atoms with E-state index < -0.39 is 9.84 Å². The molecule has 0 fully saturated rings. The monoisotopic (exact) mass is 213 g/mol. The third-order valence-corrected chi connectivity index (χ3v) is 2.76. The van der Waals surface area contributed by atoms with E-state index in [1.807, 2.05) is 31.2 Å². The van der Waals surface area contributed by atoms with E-state index in [-0.39, 0.29) is 5.88 Å². The Labute approximate surface area is 85.3 Å². The normalized spacial score (nSPS) is 11.4. The average molecular weight is 213 g/mol. The molecule has 0 bridgehead atoms. The summed E-state index contributed by atoms with van der Waals surface area (Å²) in [6.45, 7) is 2.00. The minimum Gasteiger partial charge on any atom is -0.361 e. The van der Waals surface area contributed by atoms with E-state index in [1.54, 1.807) is 11.9 Å². The van der Waals surface area contributed by atoms with E-state index in [2.05, 4.69) is 0 Å². The fourth-order valence-electron chi connectivity index (χ4n) is 1.23. The molecule has 14 heavy (non-hydrogen) atoms. The lowest BCUT2D eigenvalue weighted by molar-refractivity contribution is 0.601. The van der Waals surface area contributed by atoms with Crippen LogP contribution in [0.25, 0.3) is 0 Å². The minimum absolute atomic E-state index is 0.0516. The number of hydrogen-bond acceptors (Lipinski definition) is 3. The highest BCUT2D eigenvalue weighted by atomic mass is 32.2. The number of anilines is 1. The number of nitrogens with zero attached hydrogens (tertiary/aromatic N) is 1. The molecule has 4 heteroatoms. The Balaban J connectivity index is 2.80. The van der Waals surface area contributed by atoms with E-state index in [0.717, 1.165) is 5.69 Å². The van der Waals surface area contributed by atoms with Crippen LogP contribution in [0.5, 0.6) is 0 Å². The van der Waals surface area contributed by atoms with Gasteiger partial charge < -0.3 is 4.90 Å². The first-order chi connectivity index (χ1) is 6.38. The number of rotatable bonds is 3. The second-order valence-corrected chi connectivity index (χ2v) is 5.70. The van der Waals surface area contributed by atoms with Crippen molar-refractivity contribution in [3.8, 4) is 0 Å². The number of sulfone groups is 1. The van der Waals surface area contributed by atoms with Crippen LogP contribution in [-0.2, 0) is 9.84 Å². The summed E-state index contributed by atoms with van der Waals surface area (Å²) in [5, 5.41) is 0. The van der Waals surface area contributed by atoms with Crippen LogP contribution in [0.4, 0.5) is 5.69 Å². The van der Waals surface area contributed by atoms with Gasteiger partial charge in [0.1, 0.15) is 5.88 Å². The van der Waals surface area contributed by atoms with Crippen LogP contribution in [0.1, 0.15) is 5.56 Å². The zero-order chi connectivity index (χ0) is 10.8. The average Bonchev–Trinajstić information content (AvgIpc) is 2.02. The summed E-state index contributed by atoms with van der Waals surface area (Å²) in [5.74, 6) is 0.0516. The predicted molar refractivity (Wildman–Crippen MR) is 59.3 cm³/mol. The van der Waals surface area contributed by atoms with Crippen molar-refractivity contribution in [1.29, 1.82) is 0 Å². The Morgan fingerprint density at radius 1 is 1.21 bits per heavy atom. The van der Waals surface area contributed by atoms with E-state index in [0.29, 0.717) is 0 Å². The van der Waals surface area contributed by atoms with Crippen LogP contribution >= 0.6 is 0 Å². The third-order valence-electron chi connectivity index (χ3n) is 1.90. The molecule has 0 atom stereocenters. The number of hydrogen-bond donors (Lipinski definition) is 0. The topological polar surface area (TPSA) is 37.4 Å². The lowest BCUT2D eigenvalue weighted by atomic mass is 10.2. The van der Waals surface area contributed by atoms with Crippen LogP contribution < -0.4 is 4.90 Å². The van der Waals surface area contributed by atoms with Gasteiger partial charge >= 0.3 is 0 Å². The maximum atomic E-state index is 11.0. The van der Waals surface area contributed by atoms with Crippen molar-refractivity contribution in [2.24, 2.45) is 0 Å². The maximum Gasteiger partial charge on any atom is 0.165 e. The molecule has 0 radical (unpaired) electrons. The van der Waals surface area contributed by atoms with Crippen molar-refractivity contribution in [2.75, 3.05) is 24.1 Å². The minimum atomic E-state index is -2.96. The predicted octanol–water partition coefficient (Wildman–Crippen LogP) is 1.43. The van der Waals surface area contributed by atoms with Gasteiger partial charge in [0.15, 0.2) is 9.84 Å². The van der Waals surface area contributed by atoms with Crippen LogP contribution in [0.2, 0.25) is 0 Å². The molecule has 0 aliphatic carbocycles. The van der Waals surface area contributed by atoms with E-state index in [1.165, 1.54) is 11.8 Å². The molecular weight excluding hydrogens is 198 g/mol. The largest absolute Gasteiger partial charge is 0.361 e. The Hall–Kier alpha value is -1.03. The molecule has 0 amide bonds. The standard InChI is InChI=1S/C10H15NO2S/c1-9-4-6-10(7-5-9)11(2)8-14(3,12)13/h4-7H,8H2,1-3H3. The molecule has 78 valence electrons. The van der Waals surface area contributed by atoms with Crippen molar-refractivity contribution in [3.05, 3.63) is 29.8 Å². The van der Waals surface area contributed by atoms with Crippen molar-refractivity contribution in [1.82, 2.24) is 0 Å². The van der Waals surface area contributed by atoms with Crippen LogP contribution in [0, 0.1) is 6.92 Å². The molecule has 0 saturated heterocycles. The number of aryl methyl sites for hydroxylation is 1. The zero-order valence-electron chi connectivity index (χ0n) is 8.69. The Bertz CT molecular complexity index is 395. The van der Waals surface area contributed by atoms with Crippen molar-refractivity contribution >= 4 is 15.5 Å². The van der Waals surface area contributed by atoms with E-state index in [9.17, 15) is 8.42 Å². The molecule has 0 saturated carbocycles. The third kappa shape index (κ3) is 3.38. The molecule has 0 N–H and O–H groups in total. The van der Waals surface area contributed by atoms with Gasteiger partial charge in [-0.2, -0.15) is 0 Å². The fraction of sp³-hybridized carbons (Fsp3) is 0.400. The van der Waals surface area contributed by atoms with Crippen LogP contribution in [0.3, 0.4) is 0 Å². The summed E-state index contributed by atoms with van der Waals surface area (Å²) in [5.41, 5.74) is 2.09. The smallest absolute Gasteiger partial charge is 0.165 e. The van der Waals surface area contributed by atoms with Gasteiger partial charge in [0.2, 0.25) is 0 Å². The first-order valence-corrected chi connectivity index (χ1v) is 6.40. The first kappa shape index (κ1) is 11.0. The highest BCUT2D eigenvalue weighted by molar-refractivity contribution is 7.90. The first-order valence-electron chi connectivity index (χ1n) is 4.34. The maximum absolute atomic E-state index is 11.0. The molecule has 0 aromatic heterocycles. The zero-order valence-corrected chi connectivity index (χ0v) is 9.50. The second kappa shape index (κ2) is 4.00. The fourth-order valence-corrected chi connectivity index (χ4v) is 2.08.